The first-order chi connectivity index (χ1) is 8.51. The first-order valence-corrected chi connectivity index (χ1v) is 6.84. The Morgan fingerprint density at radius 1 is 1.39 bits per heavy atom. The van der Waals surface area contributed by atoms with Crippen LogP contribution in [-0.2, 0) is 9.59 Å². The summed E-state index contributed by atoms with van der Waals surface area (Å²) in [5.74, 6) is 0.345. The smallest absolute Gasteiger partial charge is 0.242 e. The first kappa shape index (κ1) is 13.3. The monoisotopic (exact) mass is 253 g/mol. The van der Waals surface area contributed by atoms with Gasteiger partial charge in [0, 0.05) is 19.5 Å². The van der Waals surface area contributed by atoms with E-state index in [-0.39, 0.29) is 17.4 Å². The van der Waals surface area contributed by atoms with Crippen LogP contribution >= 0.6 is 0 Å². The molecule has 2 fully saturated rings. The Bertz CT molecular complexity index is 329. The van der Waals surface area contributed by atoms with Crippen molar-refractivity contribution in [3.63, 3.8) is 0 Å². The van der Waals surface area contributed by atoms with E-state index in [9.17, 15) is 9.59 Å². The van der Waals surface area contributed by atoms with E-state index >= 15 is 0 Å². The summed E-state index contributed by atoms with van der Waals surface area (Å²) in [4.78, 5) is 25.2. The zero-order valence-electron chi connectivity index (χ0n) is 11.1. The number of nitrogens with zero attached hydrogens (tertiary/aromatic N) is 1. The van der Waals surface area contributed by atoms with Gasteiger partial charge in [-0.2, -0.15) is 0 Å². The predicted molar refractivity (Wildman–Crippen MR) is 68.8 cm³/mol. The van der Waals surface area contributed by atoms with Gasteiger partial charge in [-0.1, -0.05) is 0 Å². The molecule has 1 atom stereocenters. The molecule has 2 aliphatic heterocycles. The van der Waals surface area contributed by atoms with E-state index < -0.39 is 0 Å². The van der Waals surface area contributed by atoms with Crippen molar-refractivity contribution in [2.24, 2.45) is 11.7 Å². The van der Waals surface area contributed by atoms with Crippen molar-refractivity contribution in [3.8, 4) is 0 Å². The molecule has 2 heterocycles. The molecule has 2 rings (SSSR count). The molecule has 0 aliphatic carbocycles. The van der Waals surface area contributed by atoms with Gasteiger partial charge in [-0.15, -0.1) is 0 Å². The maximum atomic E-state index is 12.4. The summed E-state index contributed by atoms with van der Waals surface area (Å²) in [6, 6.07) is 0. The normalized spacial score (nSPS) is 29.5. The van der Waals surface area contributed by atoms with Gasteiger partial charge < -0.3 is 16.0 Å². The Kier molecular flexibility index (Phi) is 3.90. The Morgan fingerprint density at radius 3 is 2.56 bits per heavy atom. The number of nitrogens with one attached hydrogen (secondary N) is 1. The lowest BCUT2D eigenvalue weighted by Gasteiger charge is -2.36. The molecule has 0 spiro atoms. The molecule has 2 aliphatic rings. The highest BCUT2D eigenvalue weighted by atomic mass is 16.2. The molecule has 0 aromatic carbocycles. The van der Waals surface area contributed by atoms with Gasteiger partial charge in [0.1, 0.15) is 0 Å². The van der Waals surface area contributed by atoms with Crippen molar-refractivity contribution in [2.75, 3.05) is 19.6 Å². The van der Waals surface area contributed by atoms with Crippen LogP contribution < -0.4 is 11.1 Å². The number of hydrogen-bond donors (Lipinski definition) is 2. The average Bonchev–Trinajstić information content (AvgIpc) is 2.77. The zero-order valence-corrected chi connectivity index (χ0v) is 11.1. The fourth-order valence-corrected chi connectivity index (χ4v) is 3.05. The molecule has 102 valence electrons. The van der Waals surface area contributed by atoms with E-state index in [1.54, 1.807) is 0 Å². The van der Waals surface area contributed by atoms with Crippen molar-refractivity contribution in [3.05, 3.63) is 0 Å². The third-order valence-corrected chi connectivity index (χ3v) is 4.23. The van der Waals surface area contributed by atoms with Crippen LogP contribution in [0.5, 0.6) is 0 Å². The van der Waals surface area contributed by atoms with E-state index in [2.05, 4.69) is 5.32 Å². The molecule has 0 bridgehead atoms. The third-order valence-electron chi connectivity index (χ3n) is 4.23. The van der Waals surface area contributed by atoms with Gasteiger partial charge in [0.05, 0.1) is 5.54 Å². The predicted octanol–water partition coefficient (Wildman–Crippen LogP) is 0.243. The second kappa shape index (κ2) is 5.26. The lowest BCUT2D eigenvalue weighted by molar-refractivity contribution is -0.138. The third kappa shape index (κ3) is 2.83. The molecule has 5 heteroatoms. The Hall–Kier alpha value is -1.10. The number of carbonyl (C=O) groups excluding carboxylic acids is 2. The fourth-order valence-electron chi connectivity index (χ4n) is 3.05. The Morgan fingerprint density at radius 2 is 2.06 bits per heavy atom. The van der Waals surface area contributed by atoms with Crippen LogP contribution in [0, 0.1) is 5.92 Å². The number of carbonyl (C=O) groups is 2. The van der Waals surface area contributed by atoms with Gasteiger partial charge >= 0.3 is 0 Å². The van der Waals surface area contributed by atoms with Crippen LogP contribution in [0.15, 0.2) is 0 Å². The molecule has 2 amide bonds. The van der Waals surface area contributed by atoms with E-state index in [0.717, 1.165) is 45.3 Å². The van der Waals surface area contributed by atoms with Crippen LogP contribution in [0.1, 0.15) is 39.0 Å². The topological polar surface area (TPSA) is 75.4 Å². The van der Waals surface area contributed by atoms with E-state index in [0.29, 0.717) is 12.3 Å². The molecule has 5 nitrogen and oxygen atoms in total. The average molecular weight is 253 g/mol. The van der Waals surface area contributed by atoms with Crippen LogP contribution in [-0.4, -0.2) is 41.9 Å². The first-order valence-electron chi connectivity index (χ1n) is 6.84. The number of nitrogens with two attached hydrogens (primary N) is 1. The maximum Gasteiger partial charge on any atom is 0.242 e. The summed E-state index contributed by atoms with van der Waals surface area (Å²) in [6.45, 7) is 4.44. The number of piperidine rings is 1. The molecule has 18 heavy (non-hydrogen) atoms. The fraction of sp³-hybridized carbons (Fsp3) is 0.846. The van der Waals surface area contributed by atoms with E-state index in [1.807, 2.05) is 11.8 Å². The summed E-state index contributed by atoms with van der Waals surface area (Å²) in [6.07, 6.45) is 4.24. The minimum absolute atomic E-state index is 0.220. The van der Waals surface area contributed by atoms with Gasteiger partial charge in [0.15, 0.2) is 0 Å². The summed E-state index contributed by atoms with van der Waals surface area (Å²) in [5.41, 5.74) is 4.84. The number of primary amides is 1. The summed E-state index contributed by atoms with van der Waals surface area (Å²) >= 11 is 0. The zero-order chi connectivity index (χ0) is 13.2. The van der Waals surface area contributed by atoms with Crippen LogP contribution in [0.3, 0.4) is 0 Å². The van der Waals surface area contributed by atoms with E-state index in [4.69, 9.17) is 5.73 Å². The lowest BCUT2D eigenvalue weighted by Crippen LogP contribution is -2.54. The van der Waals surface area contributed by atoms with Crippen LogP contribution in [0.2, 0.25) is 0 Å². The van der Waals surface area contributed by atoms with Gasteiger partial charge in [0.25, 0.3) is 0 Å². The molecule has 0 radical (unpaired) electrons. The molecule has 0 saturated carbocycles. The van der Waals surface area contributed by atoms with Crippen molar-refractivity contribution in [1.82, 2.24) is 10.2 Å². The number of rotatable bonds is 3. The van der Waals surface area contributed by atoms with Gasteiger partial charge in [-0.25, -0.2) is 0 Å². The van der Waals surface area contributed by atoms with Gasteiger partial charge in [-0.05, 0) is 45.1 Å². The highest BCUT2D eigenvalue weighted by Crippen LogP contribution is 2.26. The molecule has 0 aromatic rings. The highest BCUT2D eigenvalue weighted by molar-refractivity contribution is 5.86. The number of amides is 2. The van der Waals surface area contributed by atoms with Crippen molar-refractivity contribution in [2.45, 2.75) is 44.6 Å². The second-order valence-electron chi connectivity index (χ2n) is 5.77. The maximum absolute atomic E-state index is 12.4. The molecular weight excluding hydrogens is 230 g/mol. The summed E-state index contributed by atoms with van der Waals surface area (Å²) in [7, 11) is 0. The molecule has 2 saturated heterocycles. The largest absolute Gasteiger partial charge is 0.370 e. The SMILES string of the molecule is CC1(C(=O)N2CCC(CC(N)=O)CC2)CCCN1. The Labute approximate surface area is 108 Å². The number of hydrogen-bond acceptors (Lipinski definition) is 3. The standard InChI is InChI=1S/C13H23N3O2/c1-13(5-2-6-15-13)12(18)16-7-3-10(4-8-16)9-11(14)17/h10,15H,2-9H2,1H3,(H2,14,17). The van der Waals surface area contributed by atoms with Gasteiger partial charge in [-0.3, -0.25) is 9.59 Å². The molecular formula is C13H23N3O2. The highest BCUT2D eigenvalue weighted by Gasteiger charge is 2.39. The molecule has 3 N–H and O–H groups in total. The van der Waals surface area contributed by atoms with Crippen molar-refractivity contribution < 1.29 is 9.59 Å². The molecule has 1 unspecified atom stereocenters. The quantitative estimate of drug-likeness (QED) is 0.756. The van der Waals surface area contributed by atoms with Crippen LogP contribution in [0.4, 0.5) is 0 Å². The minimum atomic E-state index is -0.365. The number of likely N-dealkylation sites (tertiary alicyclic amines) is 1. The second-order valence-corrected chi connectivity index (χ2v) is 5.77. The van der Waals surface area contributed by atoms with Gasteiger partial charge in [0.2, 0.25) is 11.8 Å². The van der Waals surface area contributed by atoms with Crippen molar-refractivity contribution in [1.29, 1.82) is 0 Å². The summed E-state index contributed by atoms with van der Waals surface area (Å²) in [5, 5.41) is 3.31. The summed E-state index contributed by atoms with van der Waals surface area (Å²) < 4.78 is 0. The van der Waals surface area contributed by atoms with Crippen LogP contribution in [0.25, 0.3) is 0 Å². The lowest BCUT2D eigenvalue weighted by atomic mass is 9.91. The van der Waals surface area contributed by atoms with E-state index in [1.165, 1.54) is 0 Å². The van der Waals surface area contributed by atoms with Crippen molar-refractivity contribution >= 4 is 11.8 Å². The Balaban J connectivity index is 1.86. The minimum Gasteiger partial charge on any atom is -0.370 e. The molecule has 0 aromatic heterocycles.